The molecule has 1 N–H and O–H groups in total. The summed E-state index contributed by atoms with van der Waals surface area (Å²) >= 11 is 1.20. The zero-order chi connectivity index (χ0) is 27.4. The first-order chi connectivity index (χ1) is 18.7. The molecule has 11 heteroatoms. The van der Waals surface area contributed by atoms with Gasteiger partial charge in [-0.05, 0) is 66.6 Å². The molecule has 3 aromatic carbocycles. The Kier molecular flexibility index (Phi) is 5.80. The Balaban J connectivity index is 1.52. The molecule has 0 aliphatic carbocycles. The topological polar surface area (TPSA) is 132 Å². The lowest BCUT2D eigenvalue weighted by molar-refractivity contribution is -0.384. The first kappa shape index (κ1) is 24.6. The minimum absolute atomic E-state index is 0.0132. The van der Waals surface area contributed by atoms with E-state index in [1.54, 1.807) is 43.5 Å². The van der Waals surface area contributed by atoms with E-state index in [1.165, 1.54) is 40.5 Å². The fraction of sp³-hybridized carbons (Fsp3) is 0.179. The molecule has 1 saturated heterocycles. The second-order valence-corrected chi connectivity index (χ2v) is 10.3. The predicted octanol–water partition coefficient (Wildman–Crippen LogP) is 5.16. The van der Waals surface area contributed by atoms with Gasteiger partial charge in [0.2, 0.25) is 0 Å². The lowest BCUT2D eigenvalue weighted by atomic mass is 9.94. The standard InChI is InChI=1S/C28H21N3O7S/c1-14-11-17-12-16(5-10-21(17)38-14)25(32)23-24(15-3-6-18(7-4-15)31(35)36)30(27(34)26(23)33)28-29-20-9-8-19(37-2)13-22(20)39-28/h3-10,12-14,24,32H,11H2,1-2H3/b25-23+. The third-order valence-corrected chi connectivity index (χ3v) is 7.84. The van der Waals surface area contributed by atoms with Crippen LogP contribution in [0.2, 0.25) is 0 Å². The molecule has 10 nitrogen and oxygen atoms in total. The molecule has 1 amide bonds. The van der Waals surface area contributed by atoms with E-state index >= 15 is 0 Å². The minimum Gasteiger partial charge on any atom is -0.507 e. The Morgan fingerprint density at radius 3 is 2.64 bits per heavy atom. The number of hydrogen-bond acceptors (Lipinski definition) is 9. The molecule has 0 radical (unpaired) electrons. The molecule has 1 fully saturated rings. The molecule has 2 atom stereocenters. The average Bonchev–Trinajstić information content (AvgIpc) is 3.59. The van der Waals surface area contributed by atoms with Crippen LogP contribution in [0.1, 0.15) is 29.7 Å². The molecule has 3 heterocycles. The van der Waals surface area contributed by atoms with Gasteiger partial charge in [-0.1, -0.05) is 11.3 Å². The number of nitro benzene ring substituents is 1. The van der Waals surface area contributed by atoms with Crippen LogP contribution >= 0.6 is 11.3 Å². The van der Waals surface area contributed by atoms with Crippen molar-refractivity contribution in [1.82, 2.24) is 4.98 Å². The molecule has 2 aliphatic heterocycles. The Morgan fingerprint density at radius 1 is 1.15 bits per heavy atom. The summed E-state index contributed by atoms with van der Waals surface area (Å²) in [6, 6.07) is 14.9. The Bertz CT molecular complexity index is 1710. The second-order valence-electron chi connectivity index (χ2n) is 9.30. The lowest BCUT2D eigenvalue weighted by Gasteiger charge is -2.23. The van der Waals surface area contributed by atoms with E-state index in [-0.39, 0.29) is 28.3 Å². The molecule has 4 aromatic rings. The highest BCUT2D eigenvalue weighted by Gasteiger charge is 2.48. The molecule has 6 rings (SSSR count). The number of benzene rings is 3. The summed E-state index contributed by atoms with van der Waals surface area (Å²) in [5.41, 5.74) is 2.00. The van der Waals surface area contributed by atoms with Gasteiger partial charge in [-0.2, -0.15) is 0 Å². The largest absolute Gasteiger partial charge is 0.507 e. The molecule has 39 heavy (non-hydrogen) atoms. The van der Waals surface area contributed by atoms with Crippen LogP contribution < -0.4 is 14.4 Å². The van der Waals surface area contributed by atoms with Crippen LogP contribution in [0.15, 0.2) is 66.2 Å². The van der Waals surface area contributed by atoms with Gasteiger partial charge in [0, 0.05) is 24.1 Å². The van der Waals surface area contributed by atoms with Gasteiger partial charge in [0.25, 0.3) is 11.5 Å². The number of anilines is 1. The first-order valence-corrected chi connectivity index (χ1v) is 12.9. The van der Waals surface area contributed by atoms with Gasteiger partial charge in [-0.3, -0.25) is 24.6 Å². The number of nitrogens with zero attached hydrogens (tertiary/aromatic N) is 3. The Hall–Kier alpha value is -4.77. The van der Waals surface area contributed by atoms with Gasteiger partial charge in [-0.25, -0.2) is 4.98 Å². The number of thiazole rings is 1. The van der Waals surface area contributed by atoms with Crippen molar-refractivity contribution in [1.29, 1.82) is 0 Å². The van der Waals surface area contributed by atoms with Crippen molar-refractivity contribution in [2.75, 3.05) is 12.0 Å². The zero-order valence-electron chi connectivity index (χ0n) is 20.8. The van der Waals surface area contributed by atoms with E-state index in [0.29, 0.717) is 34.6 Å². The average molecular weight is 544 g/mol. The number of fused-ring (bicyclic) bond motifs is 2. The summed E-state index contributed by atoms with van der Waals surface area (Å²) in [5.74, 6) is -0.760. The SMILES string of the molecule is COc1ccc2nc(N3C(=O)C(=O)/C(=C(/O)c4ccc5c(c4)CC(C)O5)C3c3ccc([N+](=O)[O-])cc3)sc2c1. The predicted molar refractivity (Wildman–Crippen MR) is 144 cm³/mol. The van der Waals surface area contributed by atoms with Crippen LogP contribution in [-0.4, -0.2) is 39.9 Å². The number of carbonyl (C=O) groups excluding carboxylic acids is 2. The van der Waals surface area contributed by atoms with E-state index in [4.69, 9.17) is 9.47 Å². The highest BCUT2D eigenvalue weighted by molar-refractivity contribution is 7.22. The normalized spacial score (nSPS) is 19.8. The van der Waals surface area contributed by atoms with Gasteiger partial charge in [0.1, 0.15) is 23.4 Å². The van der Waals surface area contributed by atoms with Gasteiger partial charge in [0.15, 0.2) is 5.13 Å². The third kappa shape index (κ3) is 4.07. The van der Waals surface area contributed by atoms with Gasteiger partial charge in [-0.15, -0.1) is 0 Å². The molecule has 1 aromatic heterocycles. The third-order valence-electron chi connectivity index (χ3n) is 6.82. The maximum atomic E-state index is 13.5. The molecule has 2 unspecified atom stereocenters. The molecule has 0 spiro atoms. The fourth-order valence-electron chi connectivity index (χ4n) is 4.97. The van der Waals surface area contributed by atoms with Gasteiger partial charge < -0.3 is 14.6 Å². The molecule has 196 valence electrons. The monoisotopic (exact) mass is 543 g/mol. The summed E-state index contributed by atoms with van der Waals surface area (Å²) in [5, 5.41) is 23.0. The summed E-state index contributed by atoms with van der Waals surface area (Å²) in [6.07, 6.45) is 0.631. The summed E-state index contributed by atoms with van der Waals surface area (Å²) in [6.45, 7) is 1.94. The maximum absolute atomic E-state index is 13.5. The van der Waals surface area contributed by atoms with Crippen molar-refractivity contribution >= 4 is 49.8 Å². The molecule has 0 bridgehead atoms. The van der Waals surface area contributed by atoms with Crippen molar-refractivity contribution in [3.05, 3.63) is 93.0 Å². The van der Waals surface area contributed by atoms with Crippen LogP contribution in [0.4, 0.5) is 10.8 Å². The highest BCUT2D eigenvalue weighted by Crippen LogP contribution is 2.45. The van der Waals surface area contributed by atoms with Crippen molar-refractivity contribution in [2.45, 2.75) is 25.5 Å². The number of methoxy groups -OCH3 is 1. The Morgan fingerprint density at radius 2 is 1.92 bits per heavy atom. The van der Waals surface area contributed by atoms with E-state index in [9.17, 15) is 24.8 Å². The lowest BCUT2D eigenvalue weighted by Crippen LogP contribution is -2.29. The van der Waals surface area contributed by atoms with Crippen molar-refractivity contribution in [3.63, 3.8) is 0 Å². The summed E-state index contributed by atoms with van der Waals surface area (Å²) in [7, 11) is 1.54. The summed E-state index contributed by atoms with van der Waals surface area (Å²) in [4.78, 5) is 43.5. The summed E-state index contributed by atoms with van der Waals surface area (Å²) < 4.78 is 11.8. The fourth-order valence-corrected chi connectivity index (χ4v) is 5.99. The molecule has 0 saturated carbocycles. The molecule has 2 aliphatic rings. The van der Waals surface area contributed by atoms with Crippen LogP contribution in [-0.2, 0) is 16.0 Å². The number of hydrogen-bond donors (Lipinski definition) is 1. The van der Waals surface area contributed by atoms with Crippen molar-refractivity contribution in [3.8, 4) is 11.5 Å². The van der Waals surface area contributed by atoms with Crippen LogP contribution in [0, 0.1) is 10.1 Å². The maximum Gasteiger partial charge on any atom is 0.301 e. The van der Waals surface area contributed by atoms with Crippen LogP contribution in [0.3, 0.4) is 0 Å². The number of rotatable bonds is 5. The quantitative estimate of drug-likeness (QED) is 0.120. The highest BCUT2D eigenvalue weighted by atomic mass is 32.1. The van der Waals surface area contributed by atoms with E-state index in [2.05, 4.69) is 4.98 Å². The van der Waals surface area contributed by atoms with Crippen molar-refractivity contribution in [2.24, 2.45) is 0 Å². The number of non-ortho nitro benzene ring substituents is 1. The van der Waals surface area contributed by atoms with E-state index < -0.39 is 22.7 Å². The van der Waals surface area contributed by atoms with E-state index in [1.807, 2.05) is 6.92 Å². The number of Topliss-reactive ketones (excluding diaryl/α,β-unsaturated/α-hetero) is 1. The van der Waals surface area contributed by atoms with Gasteiger partial charge in [0.05, 0.1) is 33.9 Å². The first-order valence-electron chi connectivity index (χ1n) is 12.0. The van der Waals surface area contributed by atoms with E-state index in [0.717, 1.165) is 10.3 Å². The molecular formula is C28H21N3O7S. The van der Waals surface area contributed by atoms with Crippen LogP contribution in [0.5, 0.6) is 11.5 Å². The number of aliphatic hydroxyl groups is 1. The van der Waals surface area contributed by atoms with Gasteiger partial charge >= 0.3 is 5.91 Å². The second kappa shape index (κ2) is 9.21. The number of ketones is 1. The smallest absolute Gasteiger partial charge is 0.301 e. The molecular weight excluding hydrogens is 522 g/mol. The Labute approximate surface area is 225 Å². The zero-order valence-corrected chi connectivity index (χ0v) is 21.6. The van der Waals surface area contributed by atoms with Crippen LogP contribution in [0.25, 0.3) is 16.0 Å². The number of ether oxygens (including phenoxy) is 2. The number of nitro groups is 1. The number of aromatic nitrogens is 1. The minimum atomic E-state index is -1.06. The number of amides is 1. The van der Waals surface area contributed by atoms with Crippen molar-refractivity contribution < 1.29 is 29.1 Å². The number of carbonyl (C=O) groups is 2. The number of aliphatic hydroxyl groups excluding tert-OH is 1.